The SMILES string of the molecule is CCC(CO)CCNc1nc(N)nc(Cl)c1-c1cc2ccc(C=O)cc2o1. The van der Waals surface area contributed by atoms with Crippen LogP contribution in [0.25, 0.3) is 22.3 Å². The van der Waals surface area contributed by atoms with Crippen LogP contribution in [0.2, 0.25) is 5.15 Å². The van der Waals surface area contributed by atoms with Gasteiger partial charge < -0.3 is 20.6 Å². The normalized spacial score (nSPS) is 12.3. The number of nitrogens with two attached hydrogens (primary N) is 1. The van der Waals surface area contributed by atoms with Gasteiger partial charge in [-0.25, -0.2) is 4.98 Å². The predicted octanol–water partition coefficient (Wildman–Crippen LogP) is 3.76. The van der Waals surface area contributed by atoms with E-state index in [0.29, 0.717) is 34.8 Å². The molecular weight excluding hydrogens is 368 g/mol. The van der Waals surface area contributed by atoms with E-state index < -0.39 is 0 Å². The van der Waals surface area contributed by atoms with Crippen molar-refractivity contribution in [2.24, 2.45) is 5.92 Å². The number of rotatable bonds is 8. The Morgan fingerprint density at radius 2 is 2.19 bits per heavy atom. The second-order valence-electron chi connectivity index (χ2n) is 6.29. The topological polar surface area (TPSA) is 114 Å². The highest BCUT2D eigenvalue weighted by Crippen LogP contribution is 2.36. The number of furan rings is 1. The summed E-state index contributed by atoms with van der Waals surface area (Å²) in [4.78, 5) is 19.3. The maximum atomic E-state index is 11.0. The van der Waals surface area contributed by atoms with Crippen LogP contribution >= 0.6 is 11.6 Å². The smallest absolute Gasteiger partial charge is 0.223 e. The molecule has 0 aliphatic carbocycles. The van der Waals surface area contributed by atoms with Gasteiger partial charge in [-0.15, -0.1) is 0 Å². The van der Waals surface area contributed by atoms with Crippen molar-refractivity contribution in [3.05, 3.63) is 35.0 Å². The van der Waals surface area contributed by atoms with Gasteiger partial charge in [-0.3, -0.25) is 4.79 Å². The Morgan fingerprint density at radius 3 is 2.89 bits per heavy atom. The van der Waals surface area contributed by atoms with E-state index in [1.807, 2.05) is 13.0 Å². The minimum Gasteiger partial charge on any atom is -0.456 e. The minimum absolute atomic E-state index is 0.0554. The van der Waals surface area contributed by atoms with Gasteiger partial charge in [0.25, 0.3) is 0 Å². The van der Waals surface area contributed by atoms with Crippen LogP contribution in [0.3, 0.4) is 0 Å². The highest BCUT2D eigenvalue weighted by atomic mass is 35.5. The first kappa shape index (κ1) is 19.1. The van der Waals surface area contributed by atoms with Crippen molar-refractivity contribution in [1.29, 1.82) is 0 Å². The van der Waals surface area contributed by atoms with Gasteiger partial charge in [-0.1, -0.05) is 37.1 Å². The molecule has 8 heteroatoms. The maximum Gasteiger partial charge on any atom is 0.223 e. The lowest BCUT2D eigenvalue weighted by Gasteiger charge is -2.14. The summed E-state index contributed by atoms with van der Waals surface area (Å²) in [7, 11) is 0. The van der Waals surface area contributed by atoms with Crippen LogP contribution in [0, 0.1) is 5.92 Å². The quantitative estimate of drug-likeness (QED) is 0.397. The first-order valence-corrected chi connectivity index (χ1v) is 9.10. The van der Waals surface area contributed by atoms with Gasteiger partial charge in [0, 0.05) is 24.1 Å². The Bertz CT molecular complexity index is 954. The Labute approximate surface area is 161 Å². The molecule has 4 N–H and O–H groups in total. The van der Waals surface area contributed by atoms with E-state index in [0.717, 1.165) is 24.5 Å². The van der Waals surface area contributed by atoms with Crippen molar-refractivity contribution in [3.63, 3.8) is 0 Å². The molecule has 0 fully saturated rings. The molecule has 2 aromatic heterocycles. The molecule has 0 radical (unpaired) electrons. The molecular formula is C19H21ClN4O3. The number of fused-ring (bicyclic) bond motifs is 1. The monoisotopic (exact) mass is 388 g/mol. The zero-order valence-electron chi connectivity index (χ0n) is 14.9. The van der Waals surface area contributed by atoms with Crippen LogP contribution < -0.4 is 11.1 Å². The number of aliphatic hydroxyl groups excluding tert-OH is 1. The molecule has 7 nitrogen and oxygen atoms in total. The maximum absolute atomic E-state index is 11.0. The zero-order valence-corrected chi connectivity index (χ0v) is 15.7. The molecule has 3 aromatic rings. The third kappa shape index (κ3) is 4.20. The van der Waals surface area contributed by atoms with Crippen LogP contribution in [0.15, 0.2) is 28.7 Å². The Kier molecular flexibility index (Phi) is 5.93. The average molecular weight is 389 g/mol. The Morgan fingerprint density at radius 1 is 1.37 bits per heavy atom. The number of carbonyl (C=O) groups excluding carboxylic acids is 1. The molecule has 0 aliphatic rings. The number of halogens is 1. The second-order valence-corrected chi connectivity index (χ2v) is 6.65. The third-order valence-corrected chi connectivity index (χ3v) is 4.76. The lowest BCUT2D eigenvalue weighted by molar-refractivity contribution is 0.112. The van der Waals surface area contributed by atoms with Gasteiger partial charge in [0.2, 0.25) is 5.95 Å². The van der Waals surface area contributed by atoms with Crippen molar-refractivity contribution in [1.82, 2.24) is 9.97 Å². The number of nitrogens with one attached hydrogen (secondary N) is 1. The Balaban J connectivity index is 1.95. The summed E-state index contributed by atoms with van der Waals surface area (Å²) in [6, 6.07) is 7.00. The van der Waals surface area contributed by atoms with Crippen LogP contribution in [0.4, 0.5) is 11.8 Å². The average Bonchev–Trinajstić information content (AvgIpc) is 3.07. The number of hydrogen-bond donors (Lipinski definition) is 3. The predicted molar refractivity (Wildman–Crippen MR) is 106 cm³/mol. The molecule has 0 saturated carbocycles. The van der Waals surface area contributed by atoms with E-state index in [9.17, 15) is 9.90 Å². The minimum atomic E-state index is 0.0554. The summed E-state index contributed by atoms with van der Waals surface area (Å²) in [6.07, 6.45) is 2.43. The number of carbonyl (C=O) groups is 1. The number of aliphatic hydroxyl groups is 1. The van der Waals surface area contributed by atoms with Crippen LogP contribution in [0.5, 0.6) is 0 Å². The van der Waals surface area contributed by atoms with E-state index in [1.165, 1.54) is 0 Å². The molecule has 3 rings (SSSR count). The van der Waals surface area contributed by atoms with E-state index in [-0.39, 0.29) is 23.6 Å². The van der Waals surface area contributed by atoms with E-state index >= 15 is 0 Å². The van der Waals surface area contributed by atoms with Crippen molar-refractivity contribution >= 4 is 40.6 Å². The van der Waals surface area contributed by atoms with Gasteiger partial charge in [0.15, 0.2) is 0 Å². The highest BCUT2D eigenvalue weighted by Gasteiger charge is 2.19. The van der Waals surface area contributed by atoms with Crippen molar-refractivity contribution < 1.29 is 14.3 Å². The van der Waals surface area contributed by atoms with Gasteiger partial charge in [0.1, 0.15) is 28.6 Å². The molecule has 0 amide bonds. The summed E-state index contributed by atoms with van der Waals surface area (Å²) in [6.45, 7) is 2.77. The first-order valence-electron chi connectivity index (χ1n) is 8.72. The molecule has 27 heavy (non-hydrogen) atoms. The number of nitrogens with zero attached hydrogens (tertiary/aromatic N) is 2. The summed E-state index contributed by atoms with van der Waals surface area (Å²) < 4.78 is 5.88. The summed E-state index contributed by atoms with van der Waals surface area (Å²) in [5, 5.41) is 13.6. The molecule has 0 aliphatic heterocycles. The largest absolute Gasteiger partial charge is 0.456 e. The van der Waals surface area contributed by atoms with Gasteiger partial charge in [-0.2, -0.15) is 4.98 Å². The molecule has 1 atom stereocenters. The lowest BCUT2D eigenvalue weighted by atomic mass is 10.0. The molecule has 0 saturated heterocycles. The standard InChI is InChI=1S/C19H21ClN4O3/c1-2-11(9-25)5-6-22-18-16(17(20)23-19(21)24-18)15-8-13-4-3-12(10-26)7-14(13)27-15/h3-4,7-8,10-11,25H,2,5-6,9H2,1H3,(H3,21,22,23,24). The van der Waals surface area contributed by atoms with Gasteiger partial charge in [-0.05, 0) is 24.5 Å². The van der Waals surface area contributed by atoms with Crippen molar-refractivity contribution in [2.45, 2.75) is 19.8 Å². The van der Waals surface area contributed by atoms with Crippen molar-refractivity contribution in [3.8, 4) is 11.3 Å². The van der Waals surface area contributed by atoms with Crippen LogP contribution in [0.1, 0.15) is 30.1 Å². The van der Waals surface area contributed by atoms with Gasteiger partial charge in [0.05, 0.1) is 5.56 Å². The summed E-state index contributed by atoms with van der Waals surface area (Å²) >= 11 is 6.32. The molecule has 2 heterocycles. The molecule has 1 aromatic carbocycles. The van der Waals surface area contributed by atoms with E-state index in [4.69, 9.17) is 21.8 Å². The number of benzene rings is 1. The van der Waals surface area contributed by atoms with Gasteiger partial charge >= 0.3 is 0 Å². The fraction of sp³-hybridized carbons (Fsp3) is 0.316. The third-order valence-electron chi connectivity index (χ3n) is 4.49. The van der Waals surface area contributed by atoms with E-state index in [1.54, 1.807) is 18.2 Å². The van der Waals surface area contributed by atoms with Crippen LogP contribution in [-0.4, -0.2) is 34.5 Å². The number of nitrogen functional groups attached to an aromatic ring is 1. The number of anilines is 2. The highest BCUT2D eigenvalue weighted by molar-refractivity contribution is 6.32. The number of aromatic nitrogens is 2. The fourth-order valence-electron chi connectivity index (χ4n) is 2.86. The second kappa shape index (κ2) is 8.37. The number of hydrogen-bond acceptors (Lipinski definition) is 7. The van der Waals surface area contributed by atoms with E-state index in [2.05, 4.69) is 15.3 Å². The van der Waals surface area contributed by atoms with Crippen molar-refractivity contribution in [2.75, 3.05) is 24.2 Å². The number of aldehydes is 1. The Hall–Kier alpha value is -2.64. The summed E-state index contributed by atoms with van der Waals surface area (Å²) in [5.74, 6) is 1.22. The van der Waals surface area contributed by atoms with Crippen LogP contribution in [-0.2, 0) is 0 Å². The molecule has 0 bridgehead atoms. The molecule has 1 unspecified atom stereocenters. The molecule has 142 valence electrons. The first-order chi connectivity index (χ1) is 13.0. The fourth-order valence-corrected chi connectivity index (χ4v) is 3.13. The summed E-state index contributed by atoms with van der Waals surface area (Å²) in [5.41, 5.74) is 7.35. The lowest BCUT2D eigenvalue weighted by Crippen LogP contribution is -2.13. The zero-order chi connectivity index (χ0) is 19.4. The molecule has 0 spiro atoms.